The molecule has 2 N–H and O–H groups in total. The van der Waals surface area contributed by atoms with Crippen LogP contribution in [0.25, 0.3) is 0 Å². The third kappa shape index (κ3) is 3.67. The van der Waals surface area contributed by atoms with E-state index >= 15 is 0 Å². The van der Waals surface area contributed by atoms with Gasteiger partial charge in [0.1, 0.15) is 23.4 Å². The van der Waals surface area contributed by atoms with E-state index in [2.05, 4.69) is 10.6 Å². The Morgan fingerprint density at radius 1 is 1.25 bits per heavy atom. The molecule has 132 valence electrons. The van der Waals surface area contributed by atoms with Crippen molar-refractivity contribution in [1.29, 1.82) is 0 Å². The van der Waals surface area contributed by atoms with Gasteiger partial charge in [-0.3, -0.25) is 9.59 Å². The van der Waals surface area contributed by atoms with Crippen molar-refractivity contribution < 1.29 is 18.4 Å². The summed E-state index contributed by atoms with van der Waals surface area (Å²) >= 11 is 0. The number of para-hydroxylation sites is 1. The van der Waals surface area contributed by atoms with Crippen LogP contribution in [0.1, 0.15) is 19.3 Å². The van der Waals surface area contributed by atoms with Gasteiger partial charge in [0, 0.05) is 13.1 Å². The predicted octanol–water partition coefficient (Wildman–Crippen LogP) is 1.61. The van der Waals surface area contributed by atoms with Crippen LogP contribution in [0.3, 0.4) is 0 Å². The number of hydrogen-bond donors (Lipinski definition) is 2. The highest BCUT2D eigenvalue weighted by molar-refractivity contribution is 6.01. The van der Waals surface area contributed by atoms with E-state index in [9.17, 15) is 18.4 Å². The minimum Gasteiger partial charge on any atom is -0.344 e. The van der Waals surface area contributed by atoms with Gasteiger partial charge in [-0.25, -0.2) is 8.78 Å². The Morgan fingerprint density at radius 2 is 1.96 bits per heavy atom. The number of halogens is 3. The van der Waals surface area contributed by atoms with Crippen molar-refractivity contribution in [2.75, 3.05) is 24.5 Å². The zero-order valence-electron chi connectivity index (χ0n) is 13.1. The number of carbonyl (C=O) groups excluding carboxylic acids is 2. The second-order valence-corrected chi connectivity index (χ2v) is 5.95. The van der Waals surface area contributed by atoms with E-state index in [-0.39, 0.29) is 36.5 Å². The monoisotopic (exact) mass is 359 g/mol. The molecule has 2 heterocycles. The lowest BCUT2D eigenvalue weighted by Gasteiger charge is -2.23. The number of benzene rings is 1. The van der Waals surface area contributed by atoms with Crippen molar-refractivity contribution in [1.82, 2.24) is 10.6 Å². The molecular formula is C16H20ClF2N3O2. The summed E-state index contributed by atoms with van der Waals surface area (Å²) < 4.78 is 27.7. The van der Waals surface area contributed by atoms with Crippen LogP contribution in [0.2, 0.25) is 0 Å². The summed E-state index contributed by atoms with van der Waals surface area (Å²) in [5.41, 5.74) is -0.339. The van der Waals surface area contributed by atoms with Crippen LogP contribution in [0.5, 0.6) is 0 Å². The number of anilines is 1. The van der Waals surface area contributed by atoms with Crippen molar-refractivity contribution in [3.8, 4) is 0 Å². The number of amides is 2. The molecule has 0 saturated carbocycles. The average molecular weight is 360 g/mol. The summed E-state index contributed by atoms with van der Waals surface area (Å²) in [4.78, 5) is 25.7. The maximum Gasteiger partial charge on any atom is 0.249 e. The number of rotatable bonds is 3. The number of piperidine rings is 1. The van der Waals surface area contributed by atoms with Gasteiger partial charge in [-0.1, -0.05) is 6.07 Å². The minimum atomic E-state index is -0.776. The standard InChI is InChI=1S/C16H19F2N3O2.ClH/c17-11-4-1-5-12(18)14(11)21-8-6-13(16(21)23)20-15(22)10-3-2-7-19-9-10;/h1,4-5,10,13,19H,2-3,6-9H2,(H,20,22);1H. The molecule has 0 radical (unpaired) electrons. The number of nitrogens with zero attached hydrogens (tertiary/aromatic N) is 1. The van der Waals surface area contributed by atoms with Crippen molar-refractivity contribution in [2.45, 2.75) is 25.3 Å². The van der Waals surface area contributed by atoms with E-state index in [0.717, 1.165) is 36.4 Å². The van der Waals surface area contributed by atoms with Crippen molar-refractivity contribution >= 4 is 29.9 Å². The van der Waals surface area contributed by atoms with Gasteiger partial charge in [0.15, 0.2) is 0 Å². The highest BCUT2D eigenvalue weighted by Gasteiger charge is 2.37. The van der Waals surface area contributed by atoms with E-state index in [1.807, 2.05) is 0 Å². The Balaban J connectivity index is 0.00000208. The molecule has 1 aromatic rings. The second-order valence-electron chi connectivity index (χ2n) is 5.95. The van der Waals surface area contributed by atoms with Crippen LogP contribution >= 0.6 is 12.4 Å². The predicted molar refractivity (Wildman–Crippen MR) is 88.1 cm³/mol. The Labute approximate surface area is 145 Å². The van der Waals surface area contributed by atoms with Gasteiger partial charge < -0.3 is 15.5 Å². The fourth-order valence-electron chi connectivity index (χ4n) is 3.15. The van der Waals surface area contributed by atoms with Gasteiger partial charge in [0.2, 0.25) is 11.8 Å². The lowest BCUT2D eigenvalue weighted by molar-refractivity contribution is -0.129. The Bertz CT molecular complexity index is 603. The smallest absolute Gasteiger partial charge is 0.249 e. The van der Waals surface area contributed by atoms with Gasteiger partial charge in [0.25, 0.3) is 0 Å². The van der Waals surface area contributed by atoms with Crippen LogP contribution in [-0.4, -0.2) is 37.5 Å². The van der Waals surface area contributed by atoms with E-state index < -0.39 is 23.6 Å². The lowest BCUT2D eigenvalue weighted by Crippen LogP contribution is -2.47. The molecule has 2 amide bonds. The lowest BCUT2D eigenvalue weighted by atomic mass is 9.98. The van der Waals surface area contributed by atoms with Crippen molar-refractivity contribution in [3.05, 3.63) is 29.8 Å². The molecule has 2 atom stereocenters. The number of carbonyl (C=O) groups is 2. The average Bonchev–Trinajstić information content (AvgIpc) is 2.89. The third-order valence-electron chi connectivity index (χ3n) is 4.40. The number of nitrogens with one attached hydrogen (secondary N) is 2. The summed E-state index contributed by atoms with van der Waals surface area (Å²) in [6.45, 7) is 1.68. The van der Waals surface area contributed by atoms with Gasteiger partial charge in [-0.15, -0.1) is 12.4 Å². The summed E-state index contributed by atoms with van der Waals surface area (Å²) in [6, 6.07) is 2.77. The van der Waals surface area contributed by atoms with Crippen LogP contribution in [0.4, 0.5) is 14.5 Å². The van der Waals surface area contributed by atoms with Crippen molar-refractivity contribution in [2.24, 2.45) is 5.92 Å². The number of hydrogen-bond acceptors (Lipinski definition) is 3. The van der Waals surface area contributed by atoms with Crippen LogP contribution in [0, 0.1) is 17.6 Å². The Kier molecular flexibility index (Phi) is 6.12. The Hall–Kier alpha value is -1.73. The molecule has 0 aromatic heterocycles. The van der Waals surface area contributed by atoms with E-state index in [4.69, 9.17) is 0 Å². The molecule has 24 heavy (non-hydrogen) atoms. The second kappa shape index (κ2) is 7.90. The molecule has 8 heteroatoms. The molecule has 3 rings (SSSR count). The molecule has 5 nitrogen and oxygen atoms in total. The molecule has 2 saturated heterocycles. The van der Waals surface area contributed by atoms with Crippen molar-refractivity contribution in [3.63, 3.8) is 0 Å². The molecular weight excluding hydrogens is 340 g/mol. The van der Waals surface area contributed by atoms with Crippen LogP contribution in [0.15, 0.2) is 18.2 Å². The first-order valence-electron chi connectivity index (χ1n) is 7.84. The normalized spacial score (nSPS) is 23.8. The SMILES string of the molecule is Cl.O=C(NC1CCN(c2c(F)cccc2F)C1=O)C1CCCNC1. The van der Waals surface area contributed by atoms with Crippen LogP contribution < -0.4 is 15.5 Å². The van der Waals surface area contributed by atoms with Gasteiger partial charge >= 0.3 is 0 Å². The first-order valence-corrected chi connectivity index (χ1v) is 7.84. The summed E-state index contributed by atoms with van der Waals surface area (Å²) in [5, 5.41) is 5.87. The fourth-order valence-corrected chi connectivity index (χ4v) is 3.15. The molecule has 2 unspecified atom stereocenters. The maximum atomic E-state index is 13.8. The molecule has 1 aromatic carbocycles. The van der Waals surface area contributed by atoms with Gasteiger partial charge in [-0.2, -0.15) is 0 Å². The highest BCUT2D eigenvalue weighted by atomic mass is 35.5. The van der Waals surface area contributed by atoms with E-state index in [1.165, 1.54) is 6.07 Å². The molecule has 0 bridgehead atoms. The summed E-state index contributed by atoms with van der Waals surface area (Å²) in [6.07, 6.45) is 2.05. The molecule has 2 fully saturated rings. The van der Waals surface area contributed by atoms with E-state index in [0.29, 0.717) is 13.0 Å². The quantitative estimate of drug-likeness (QED) is 0.862. The van der Waals surface area contributed by atoms with Gasteiger partial charge in [0.05, 0.1) is 5.92 Å². The van der Waals surface area contributed by atoms with Gasteiger partial charge in [-0.05, 0) is 37.9 Å². The summed E-state index contributed by atoms with van der Waals surface area (Å²) in [7, 11) is 0. The molecule has 0 spiro atoms. The Morgan fingerprint density at radius 3 is 2.58 bits per heavy atom. The highest BCUT2D eigenvalue weighted by Crippen LogP contribution is 2.27. The van der Waals surface area contributed by atoms with Crippen LogP contribution in [-0.2, 0) is 9.59 Å². The largest absolute Gasteiger partial charge is 0.344 e. The topological polar surface area (TPSA) is 61.4 Å². The molecule has 0 aliphatic carbocycles. The zero-order valence-corrected chi connectivity index (χ0v) is 13.9. The minimum absolute atomic E-state index is 0. The first-order chi connectivity index (χ1) is 11.1. The molecule has 2 aliphatic heterocycles. The summed E-state index contributed by atoms with van der Waals surface area (Å²) in [5.74, 6) is -2.35. The molecule has 2 aliphatic rings. The maximum absolute atomic E-state index is 13.8. The third-order valence-corrected chi connectivity index (χ3v) is 4.40. The zero-order chi connectivity index (χ0) is 16.4. The fraction of sp³-hybridized carbons (Fsp3) is 0.500. The first kappa shape index (κ1) is 18.6. The van der Waals surface area contributed by atoms with E-state index in [1.54, 1.807) is 0 Å².